The number of carbonyl (C=O) groups is 2. The van der Waals surface area contributed by atoms with Crippen LogP contribution in [-0.4, -0.2) is 29.9 Å². The fourth-order valence-corrected chi connectivity index (χ4v) is 2.93. The lowest BCUT2D eigenvalue weighted by molar-refractivity contribution is -0.133. The maximum Gasteiger partial charge on any atom is 0.314 e. The third-order valence-electron chi connectivity index (χ3n) is 4.16. The van der Waals surface area contributed by atoms with Gasteiger partial charge in [0.15, 0.2) is 0 Å². The molecule has 2 N–H and O–H groups in total. The third-order valence-corrected chi connectivity index (χ3v) is 4.16. The van der Waals surface area contributed by atoms with Gasteiger partial charge in [-0.3, -0.25) is 14.6 Å². The third kappa shape index (κ3) is 4.56. The molecule has 6 heteroatoms. The van der Waals surface area contributed by atoms with Crippen molar-refractivity contribution in [1.29, 1.82) is 0 Å². The fourth-order valence-electron chi connectivity index (χ4n) is 2.93. The Morgan fingerprint density at radius 2 is 1.68 bits per heavy atom. The average molecular weight is 338 g/mol. The van der Waals surface area contributed by atoms with Crippen molar-refractivity contribution in [3.8, 4) is 0 Å². The zero-order valence-corrected chi connectivity index (χ0v) is 14.3. The van der Waals surface area contributed by atoms with Gasteiger partial charge in [0.25, 0.3) is 0 Å². The normalized spacial score (nSPS) is 14.0. The number of aryl methyl sites for hydroxylation is 1. The van der Waals surface area contributed by atoms with Crippen LogP contribution in [-0.2, 0) is 9.59 Å². The molecule has 3 rings (SSSR count). The van der Waals surface area contributed by atoms with Crippen LogP contribution in [0.5, 0.6) is 0 Å². The molecule has 1 fully saturated rings. The molecule has 1 aliphatic heterocycles. The van der Waals surface area contributed by atoms with E-state index < -0.39 is 11.8 Å². The molecular weight excluding hydrogens is 316 g/mol. The van der Waals surface area contributed by atoms with Gasteiger partial charge < -0.3 is 15.5 Å². The van der Waals surface area contributed by atoms with Crippen LogP contribution in [0.3, 0.4) is 0 Å². The van der Waals surface area contributed by atoms with E-state index in [1.54, 1.807) is 18.3 Å². The van der Waals surface area contributed by atoms with Crippen molar-refractivity contribution in [2.45, 2.75) is 26.2 Å². The second kappa shape index (κ2) is 7.79. The van der Waals surface area contributed by atoms with Crippen LogP contribution in [0.25, 0.3) is 0 Å². The van der Waals surface area contributed by atoms with Crippen molar-refractivity contribution in [3.63, 3.8) is 0 Å². The zero-order valence-electron chi connectivity index (χ0n) is 14.3. The van der Waals surface area contributed by atoms with Gasteiger partial charge in [0, 0.05) is 30.7 Å². The highest BCUT2D eigenvalue weighted by molar-refractivity contribution is 6.43. The number of carbonyl (C=O) groups excluding carboxylic acids is 2. The Morgan fingerprint density at radius 1 is 0.960 bits per heavy atom. The lowest BCUT2D eigenvalue weighted by Gasteiger charge is -2.29. The Balaban J connectivity index is 1.63. The highest BCUT2D eigenvalue weighted by Gasteiger charge is 2.16. The second-order valence-electron chi connectivity index (χ2n) is 6.26. The monoisotopic (exact) mass is 338 g/mol. The fraction of sp³-hybridized carbons (Fsp3) is 0.316. The smallest absolute Gasteiger partial charge is 0.314 e. The molecule has 0 saturated carbocycles. The number of rotatable bonds is 3. The van der Waals surface area contributed by atoms with E-state index >= 15 is 0 Å². The molecule has 0 spiro atoms. The Kier molecular flexibility index (Phi) is 5.28. The summed E-state index contributed by atoms with van der Waals surface area (Å²) in [5, 5.41) is 5.21. The Bertz CT molecular complexity index is 770. The molecule has 1 saturated heterocycles. The molecule has 1 aliphatic rings. The molecule has 130 valence electrons. The summed E-state index contributed by atoms with van der Waals surface area (Å²) >= 11 is 0. The summed E-state index contributed by atoms with van der Waals surface area (Å²) in [6, 6.07) is 9.37. The standard InChI is InChI=1S/C19H22N4O2/c1-14-10-16(13-20-12-14)22-19(25)18(24)21-15-6-5-7-17(11-15)23-8-3-2-4-9-23/h5-7,10-13H,2-4,8-9H2,1H3,(H,21,24)(H,22,25). The minimum absolute atomic E-state index is 0.502. The number of hydrogen-bond donors (Lipinski definition) is 2. The number of nitrogens with one attached hydrogen (secondary N) is 2. The van der Waals surface area contributed by atoms with Gasteiger partial charge in [-0.2, -0.15) is 0 Å². The van der Waals surface area contributed by atoms with Crippen molar-refractivity contribution in [2.24, 2.45) is 0 Å². The molecule has 0 aliphatic carbocycles. The van der Waals surface area contributed by atoms with Crippen LogP contribution in [0.15, 0.2) is 42.7 Å². The van der Waals surface area contributed by atoms with Gasteiger partial charge in [-0.1, -0.05) is 6.07 Å². The summed E-state index contributed by atoms with van der Waals surface area (Å²) in [7, 11) is 0. The van der Waals surface area contributed by atoms with Gasteiger partial charge in [-0.15, -0.1) is 0 Å². The van der Waals surface area contributed by atoms with Gasteiger partial charge >= 0.3 is 11.8 Å². The van der Waals surface area contributed by atoms with E-state index in [1.165, 1.54) is 25.5 Å². The summed E-state index contributed by atoms with van der Waals surface area (Å²) in [5.41, 5.74) is 3.10. The molecular formula is C19H22N4O2. The molecule has 1 aromatic heterocycles. The largest absolute Gasteiger partial charge is 0.371 e. The van der Waals surface area contributed by atoms with E-state index in [1.807, 2.05) is 25.1 Å². The number of piperidine rings is 1. The SMILES string of the molecule is Cc1cncc(NC(=O)C(=O)Nc2cccc(N3CCCCC3)c2)c1. The molecule has 0 bridgehead atoms. The molecule has 0 atom stereocenters. The maximum atomic E-state index is 12.1. The average Bonchev–Trinajstić information content (AvgIpc) is 2.62. The van der Waals surface area contributed by atoms with Crippen molar-refractivity contribution in [2.75, 3.05) is 28.6 Å². The van der Waals surface area contributed by atoms with Crippen molar-refractivity contribution >= 4 is 28.9 Å². The maximum absolute atomic E-state index is 12.1. The van der Waals surface area contributed by atoms with Gasteiger partial charge in [-0.05, 0) is 56.0 Å². The lowest BCUT2D eigenvalue weighted by atomic mass is 10.1. The second-order valence-corrected chi connectivity index (χ2v) is 6.26. The zero-order chi connectivity index (χ0) is 17.6. The van der Waals surface area contributed by atoms with Crippen LogP contribution in [0.2, 0.25) is 0 Å². The van der Waals surface area contributed by atoms with Crippen molar-refractivity contribution in [1.82, 2.24) is 4.98 Å². The predicted molar refractivity (Wildman–Crippen MR) is 98.7 cm³/mol. The number of pyridine rings is 1. The minimum atomic E-state index is -0.712. The first-order chi connectivity index (χ1) is 12.1. The van der Waals surface area contributed by atoms with Crippen LogP contribution in [0.4, 0.5) is 17.1 Å². The lowest BCUT2D eigenvalue weighted by Crippen LogP contribution is -2.30. The van der Waals surface area contributed by atoms with Crippen LogP contribution in [0.1, 0.15) is 24.8 Å². The van der Waals surface area contributed by atoms with Crippen LogP contribution < -0.4 is 15.5 Å². The molecule has 2 aromatic rings. The van der Waals surface area contributed by atoms with E-state index in [9.17, 15) is 9.59 Å². The highest BCUT2D eigenvalue weighted by atomic mass is 16.2. The summed E-state index contributed by atoms with van der Waals surface area (Å²) in [5.74, 6) is -1.41. The number of hydrogen-bond acceptors (Lipinski definition) is 4. The van der Waals surface area contributed by atoms with E-state index in [-0.39, 0.29) is 0 Å². The van der Waals surface area contributed by atoms with E-state index in [2.05, 4.69) is 20.5 Å². The quantitative estimate of drug-likeness (QED) is 0.844. The van der Waals surface area contributed by atoms with Crippen LogP contribution in [0, 0.1) is 6.92 Å². The highest BCUT2D eigenvalue weighted by Crippen LogP contribution is 2.23. The number of benzene rings is 1. The van der Waals surface area contributed by atoms with Crippen LogP contribution >= 0.6 is 0 Å². The van der Waals surface area contributed by atoms with Crippen molar-refractivity contribution < 1.29 is 9.59 Å². The van der Waals surface area contributed by atoms with Gasteiger partial charge in [0.05, 0.1) is 11.9 Å². The number of nitrogens with zero attached hydrogens (tertiary/aromatic N) is 2. The predicted octanol–water partition coefficient (Wildman–Crippen LogP) is 2.96. The first-order valence-corrected chi connectivity index (χ1v) is 8.51. The molecule has 0 unspecified atom stereocenters. The van der Waals surface area contributed by atoms with E-state index in [4.69, 9.17) is 0 Å². The molecule has 6 nitrogen and oxygen atoms in total. The van der Waals surface area contributed by atoms with E-state index in [0.717, 1.165) is 24.3 Å². The summed E-state index contributed by atoms with van der Waals surface area (Å²) in [4.78, 5) is 30.5. The first kappa shape index (κ1) is 17.0. The topological polar surface area (TPSA) is 74.3 Å². The van der Waals surface area contributed by atoms with Gasteiger partial charge in [0.2, 0.25) is 0 Å². The first-order valence-electron chi connectivity index (χ1n) is 8.51. The number of aromatic nitrogens is 1. The minimum Gasteiger partial charge on any atom is -0.371 e. The Labute approximate surface area is 147 Å². The van der Waals surface area contributed by atoms with Crippen molar-refractivity contribution in [3.05, 3.63) is 48.3 Å². The molecule has 2 heterocycles. The Hall–Kier alpha value is -2.89. The summed E-state index contributed by atoms with van der Waals surface area (Å²) in [6.45, 7) is 3.92. The molecule has 2 amide bonds. The summed E-state index contributed by atoms with van der Waals surface area (Å²) in [6.07, 6.45) is 6.82. The number of anilines is 3. The van der Waals surface area contributed by atoms with Gasteiger partial charge in [-0.25, -0.2) is 0 Å². The molecule has 25 heavy (non-hydrogen) atoms. The number of amides is 2. The Morgan fingerprint density at radius 3 is 2.40 bits per heavy atom. The van der Waals surface area contributed by atoms with Gasteiger partial charge in [0.1, 0.15) is 0 Å². The molecule has 0 radical (unpaired) electrons. The van der Waals surface area contributed by atoms with E-state index in [0.29, 0.717) is 11.4 Å². The summed E-state index contributed by atoms with van der Waals surface area (Å²) < 4.78 is 0. The molecule has 1 aromatic carbocycles.